The number of hydrogen-bond acceptors (Lipinski definition) is 5. The predicted octanol–water partition coefficient (Wildman–Crippen LogP) is 3.11. The maximum Gasteiger partial charge on any atom is 0.348 e. The summed E-state index contributed by atoms with van der Waals surface area (Å²) < 4.78 is 6.79. The molecule has 1 saturated heterocycles. The van der Waals surface area contributed by atoms with Crippen LogP contribution in [0.3, 0.4) is 0 Å². The summed E-state index contributed by atoms with van der Waals surface area (Å²) in [4.78, 5) is 21.7. The van der Waals surface area contributed by atoms with Crippen LogP contribution in [0.1, 0.15) is 29.7 Å². The minimum Gasteiger partial charge on any atom is -0.454 e. The van der Waals surface area contributed by atoms with Crippen LogP contribution in [0.4, 0.5) is 0 Å². The maximum atomic E-state index is 13.4. The first-order valence-electron chi connectivity index (χ1n) is 11.1. The molecule has 1 aliphatic heterocycles. The summed E-state index contributed by atoms with van der Waals surface area (Å²) in [5.41, 5.74) is 0.187. The Kier molecular flexibility index (Phi) is 6.63. The number of aromatic nitrogens is 2. The van der Waals surface area contributed by atoms with Crippen molar-refractivity contribution in [1.29, 1.82) is 0 Å². The van der Waals surface area contributed by atoms with E-state index in [9.17, 15) is 9.90 Å². The highest BCUT2D eigenvalue weighted by Crippen LogP contribution is 2.32. The lowest BCUT2D eigenvalue weighted by molar-refractivity contribution is -0.916. The van der Waals surface area contributed by atoms with E-state index in [0.29, 0.717) is 11.1 Å². The first-order valence-corrected chi connectivity index (χ1v) is 11.1. The summed E-state index contributed by atoms with van der Waals surface area (Å²) in [7, 11) is 2.20. The minimum atomic E-state index is -1.84. The quantitative estimate of drug-likeness (QED) is 0.459. The Hall–Kier alpha value is -3.09. The normalized spacial score (nSPS) is 21.1. The standard InChI is InChI=1S/C26H30N3O3/c1-29(18-15-23-14-16-27-20-28-23)17-8-13-24(19-29)32-25(30)26(31,21-9-4-2-5-10-21)22-11-6-3-7-12-22/h2-7,9-12,14,16,20,24,31H,8,13,15,17-19H2,1H3/q+1/t24?,29-/m1/s1. The first-order chi connectivity index (χ1) is 15.5. The summed E-state index contributed by atoms with van der Waals surface area (Å²) in [5.74, 6) is -0.621. The highest BCUT2D eigenvalue weighted by molar-refractivity contribution is 5.85. The van der Waals surface area contributed by atoms with Gasteiger partial charge in [0.2, 0.25) is 5.60 Å². The number of carbonyl (C=O) groups excluding carboxylic acids is 1. The zero-order valence-electron chi connectivity index (χ0n) is 18.4. The van der Waals surface area contributed by atoms with Crippen molar-refractivity contribution < 1.29 is 19.1 Å². The number of carbonyl (C=O) groups is 1. The Bertz CT molecular complexity index is 975. The number of piperidine rings is 1. The number of esters is 1. The van der Waals surface area contributed by atoms with Gasteiger partial charge in [-0.15, -0.1) is 0 Å². The van der Waals surface area contributed by atoms with Gasteiger partial charge in [0.05, 0.1) is 20.1 Å². The average molecular weight is 433 g/mol. The van der Waals surface area contributed by atoms with Crippen molar-refractivity contribution >= 4 is 5.97 Å². The van der Waals surface area contributed by atoms with Gasteiger partial charge in [0.1, 0.15) is 12.9 Å². The second-order valence-electron chi connectivity index (χ2n) is 8.81. The van der Waals surface area contributed by atoms with Gasteiger partial charge in [-0.2, -0.15) is 0 Å². The Morgan fingerprint density at radius 1 is 1.09 bits per heavy atom. The highest BCUT2D eigenvalue weighted by atomic mass is 16.6. The SMILES string of the molecule is C[N@+]1(CCc2ccncn2)CCCC(OC(=O)C(O)(c2ccccc2)c2ccccc2)C1. The molecule has 0 bridgehead atoms. The number of nitrogens with zero attached hydrogens (tertiary/aromatic N) is 3. The molecule has 1 N–H and O–H groups in total. The van der Waals surface area contributed by atoms with Crippen LogP contribution in [0.2, 0.25) is 0 Å². The van der Waals surface area contributed by atoms with Crippen LogP contribution >= 0.6 is 0 Å². The molecule has 6 nitrogen and oxygen atoms in total. The molecule has 1 aliphatic rings. The zero-order valence-corrected chi connectivity index (χ0v) is 18.4. The number of hydrogen-bond donors (Lipinski definition) is 1. The lowest BCUT2D eigenvalue weighted by Crippen LogP contribution is -2.55. The van der Waals surface area contributed by atoms with Gasteiger partial charge in [-0.25, -0.2) is 14.8 Å². The van der Waals surface area contributed by atoms with Crippen LogP contribution < -0.4 is 0 Å². The molecule has 0 aliphatic carbocycles. The molecular weight excluding hydrogens is 402 g/mol. The minimum absolute atomic E-state index is 0.245. The van der Waals surface area contributed by atoms with E-state index in [4.69, 9.17) is 4.74 Å². The van der Waals surface area contributed by atoms with Crippen molar-refractivity contribution in [2.75, 3.05) is 26.7 Å². The van der Waals surface area contributed by atoms with E-state index >= 15 is 0 Å². The van der Waals surface area contributed by atoms with Crippen molar-refractivity contribution in [3.63, 3.8) is 0 Å². The third kappa shape index (κ3) is 4.87. The number of rotatable bonds is 7. The van der Waals surface area contributed by atoms with Gasteiger partial charge in [0.25, 0.3) is 0 Å². The van der Waals surface area contributed by atoms with Crippen molar-refractivity contribution in [3.8, 4) is 0 Å². The molecule has 2 heterocycles. The summed E-state index contributed by atoms with van der Waals surface area (Å²) in [5, 5.41) is 11.6. The lowest BCUT2D eigenvalue weighted by atomic mass is 9.86. The molecule has 1 unspecified atom stereocenters. The van der Waals surface area contributed by atoms with E-state index in [1.165, 1.54) is 0 Å². The number of ether oxygens (including phenoxy) is 1. The number of quaternary nitrogens is 1. The number of likely N-dealkylation sites (N-methyl/N-ethyl adjacent to an activating group) is 1. The van der Waals surface area contributed by atoms with Gasteiger partial charge in [-0.05, 0) is 23.6 Å². The summed E-state index contributed by atoms with van der Waals surface area (Å²) in [6, 6.07) is 20.0. The molecule has 4 rings (SSSR count). The van der Waals surface area contributed by atoms with E-state index in [2.05, 4.69) is 17.0 Å². The van der Waals surface area contributed by atoms with Gasteiger partial charge < -0.3 is 14.3 Å². The third-order valence-corrected chi connectivity index (χ3v) is 6.37. The zero-order chi connectivity index (χ0) is 22.4. The molecule has 3 aromatic rings. The van der Waals surface area contributed by atoms with Crippen molar-refractivity contribution in [2.45, 2.75) is 31.0 Å². The Morgan fingerprint density at radius 2 is 1.75 bits per heavy atom. The van der Waals surface area contributed by atoms with E-state index in [1.807, 2.05) is 42.5 Å². The molecule has 6 heteroatoms. The van der Waals surface area contributed by atoms with Gasteiger partial charge >= 0.3 is 5.97 Å². The van der Waals surface area contributed by atoms with Gasteiger partial charge in [0, 0.05) is 24.7 Å². The molecule has 2 aromatic carbocycles. The number of benzene rings is 2. The maximum absolute atomic E-state index is 13.4. The fourth-order valence-corrected chi connectivity index (χ4v) is 4.52. The second-order valence-corrected chi connectivity index (χ2v) is 8.81. The van der Waals surface area contributed by atoms with Crippen LogP contribution in [0.5, 0.6) is 0 Å². The first kappa shape index (κ1) is 22.1. The summed E-state index contributed by atoms with van der Waals surface area (Å²) in [6.45, 7) is 2.66. The predicted molar refractivity (Wildman–Crippen MR) is 122 cm³/mol. The average Bonchev–Trinajstić information content (AvgIpc) is 2.84. The van der Waals surface area contributed by atoms with Gasteiger partial charge in [-0.3, -0.25) is 0 Å². The third-order valence-electron chi connectivity index (χ3n) is 6.37. The molecule has 0 spiro atoms. The van der Waals surface area contributed by atoms with Crippen LogP contribution in [-0.4, -0.2) is 58.3 Å². The number of likely N-dealkylation sites (tertiary alicyclic amines) is 1. The molecule has 32 heavy (non-hydrogen) atoms. The topological polar surface area (TPSA) is 72.3 Å². The Balaban J connectivity index is 1.49. The van der Waals surface area contributed by atoms with Crippen molar-refractivity contribution in [1.82, 2.24) is 9.97 Å². The molecule has 166 valence electrons. The van der Waals surface area contributed by atoms with Crippen LogP contribution in [-0.2, 0) is 21.6 Å². The second kappa shape index (κ2) is 9.59. The monoisotopic (exact) mass is 432 g/mol. The van der Waals surface area contributed by atoms with Crippen LogP contribution in [0.25, 0.3) is 0 Å². The molecule has 0 saturated carbocycles. The molecule has 0 radical (unpaired) electrons. The Morgan fingerprint density at radius 3 is 2.34 bits per heavy atom. The van der Waals surface area contributed by atoms with Crippen molar-refractivity contribution in [3.05, 3.63) is 96.1 Å². The molecule has 2 atom stereocenters. The molecule has 1 aromatic heterocycles. The van der Waals surface area contributed by atoms with E-state index < -0.39 is 11.6 Å². The largest absolute Gasteiger partial charge is 0.454 e. The van der Waals surface area contributed by atoms with E-state index in [1.54, 1.807) is 36.8 Å². The van der Waals surface area contributed by atoms with E-state index in [0.717, 1.165) is 49.1 Å². The molecule has 1 fully saturated rings. The highest BCUT2D eigenvalue weighted by Gasteiger charge is 2.44. The van der Waals surface area contributed by atoms with Crippen LogP contribution in [0, 0.1) is 0 Å². The smallest absolute Gasteiger partial charge is 0.348 e. The Labute approximate surface area is 189 Å². The van der Waals surface area contributed by atoms with Gasteiger partial charge in [0.15, 0.2) is 6.10 Å². The van der Waals surface area contributed by atoms with Gasteiger partial charge in [-0.1, -0.05) is 60.7 Å². The fraction of sp³-hybridized carbons (Fsp3) is 0.346. The fourth-order valence-electron chi connectivity index (χ4n) is 4.52. The molecular formula is C26H30N3O3+. The van der Waals surface area contributed by atoms with Crippen molar-refractivity contribution in [2.24, 2.45) is 0 Å². The number of aliphatic hydroxyl groups is 1. The summed E-state index contributed by atoms with van der Waals surface area (Å²) in [6.07, 6.45) is 5.70. The van der Waals surface area contributed by atoms with Crippen LogP contribution in [0.15, 0.2) is 79.3 Å². The van der Waals surface area contributed by atoms with E-state index in [-0.39, 0.29) is 6.10 Å². The molecule has 0 amide bonds. The summed E-state index contributed by atoms with van der Waals surface area (Å²) >= 11 is 0. The lowest BCUT2D eigenvalue weighted by Gasteiger charge is -2.41.